The van der Waals surface area contributed by atoms with E-state index >= 15 is 0 Å². The fourth-order valence-corrected chi connectivity index (χ4v) is 4.91. The maximum absolute atomic E-state index is 14.2. The van der Waals surface area contributed by atoms with E-state index in [0.717, 1.165) is 10.2 Å². The number of hydrogen-bond acceptors (Lipinski definition) is 3. The van der Waals surface area contributed by atoms with Crippen LogP contribution in [-0.2, 0) is 11.3 Å². The average Bonchev–Trinajstić information content (AvgIpc) is 3.31. The van der Waals surface area contributed by atoms with Crippen molar-refractivity contribution in [2.75, 3.05) is 25.5 Å². The van der Waals surface area contributed by atoms with Crippen LogP contribution in [0.15, 0.2) is 41.8 Å². The molecule has 0 saturated carbocycles. The highest BCUT2D eigenvalue weighted by atomic mass is 35.5. The molecule has 2 aromatic heterocycles. The maximum Gasteiger partial charge on any atom is 0.270 e. The fourth-order valence-electron chi connectivity index (χ4n) is 3.86. The van der Waals surface area contributed by atoms with E-state index in [1.54, 1.807) is 28.0 Å². The van der Waals surface area contributed by atoms with Gasteiger partial charge in [0.15, 0.2) is 0 Å². The number of aromatic nitrogens is 1. The SMILES string of the molecule is CC1CN(C(=O)c2cc3ccsc3n2Cc2ccccc2F)CCN1C(=O)CCl. The quantitative estimate of drug-likeness (QED) is 0.587. The molecule has 1 saturated heterocycles. The molecule has 0 spiro atoms. The minimum atomic E-state index is -0.286. The van der Waals surface area contributed by atoms with Crippen LogP contribution in [0.1, 0.15) is 23.0 Å². The first-order chi connectivity index (χ1) is 14.0. The summed E-state index contributed by atoms with van der Waals surface area (Å²) in [5, 5.41) is 2.94. The van der Waals surface area contributed by atoms with Crippen molar-refractivity contribution < 1.29 is 14.0 Å². The van der Waals surface area contributed by atoms with E-state index in [1.807, 2.05) is 29.0 Å². The molecule has 1 aromatic carbocycles. The number of rotatable bonds is 4. The second kappa shape index (κ2) is 8.16. The molecule has 3 heterocycles. The molecule has 152 valence electrons. The van der Waals surface area contributed by atoms with E-state index in [-0.39, 0.29) is 36.1 Å². The number of thiophene rings is 1. The lowest BCUT2D eigenvalue weighted by Crippen LogP contribution is -2.56. The molecule has 5 nitrogen and oxygen atoms in total. The van der Waals surface area contributed by atoms with Gasteiger partial charge in [-0.15, -0.1) is 22.9 Å². The minimum Gasteiger partial charge on any atom is -0.335 e. The van der Waals surface area contributed by atoms with E-state index in [9.17, 15) is 14.0 Å². The Labute approximate surface area is 177 Å². The summed E-state index contributed by atoms with van der Waals surface area (Å²) in [5.74, 6) is -0.560. The number of nitrogens with zero attached hydrogens (tertiary/aromatic N) is 3. The van der Waals surface area contributed by atoms with Crippen molar-refractivity contribution in [1.29, 1.82) is 0 Å². The lowest BCUT2D eigenvalue weighted by molar-refractivity contribution is -0.132. The molecule has 1 atom stereocenters. The first kappa shape index (κ1) is 19.9. The van der Waals surface area contributed by atoms with E-state index in [4.69, 9.17) is 11.6 Å². The van der Waals surface area contributed by atoms with Crippen molar-refractivity contribution in [3.63, 3.8) is 0 Å². The Bertz CT molecular complexity index is 1060. The molecule has 3 aromatic rings. The zero-order valence-corrected chi connectivity index (χ0v) is 17.5. The van der Waals surface area contributed by atoms with Crippen LogP contribution in [0.4, 0.5) is 4.39 Å². The summed E-state index contributed by atoms with van der Waals surface area (Å²) in [5.41, 5.74) is 1.08. The second-order valence-corrected chi connectivity index (χ2v) is 8.37. The zero-order chi connectivity index (χ0) is 20.5. The number of carbonyl (C=O) groups is 2. The van der Waals surface area contributed by atoms with Gasteiger partial charge in [0.05, 0.1) is 6.54 Å². The number of fused-ring (bicyclic) bond motifs is 1. The number of amides is 2. The molecular formula is C21H21ClFN3O2S. The van der Waals surface area contributed by atoms with Crippen molar-refractivity contribution in [2.24, 2.45) is 0 Å². The highest BCUT2D eigenvalue weighted by Gasteiger charge is 2.31. The van der Waals surface area contributed by atoms with Crippen molar-refractivity contribution in [2.45, 2.75) is 19.5 Å². The van der Waals surface area contributed by atoms with Crippen LogP contribution in [0.3, 0.4) is 0 Å². The molecule has 1 unspecified atom stereocenters. The predicted molar refractivity (Wildman–Crippen MR) is 113 cm³/mol. The molecule has 0 N–H and O–H groups in total. The van der Waals surface area contributed by atoms with Crippen molar-refractivity contribution in [3.8, 4) is 0 Å². The molecule has 1 fully saturated rings. The van der Waals surface area contributed by atoms with Gasteiger partial charge < -0.3 is 14.4 Å². The number of alkyl halides is 1. The normalized spacial score (nSPS) is 17.1. The molecule has 1 aliphatic rings. The van der Waals surface area contributed by atoms with Crippen molar-refractivity contribution in [1.82, 2.24) is 14.4 Å². The third-order valence-electron chi connectivity index (χ3n) is 5.36. The molecular weight excluding hydrogens is 413 g/mol. The number of piperazine rings is 1. The lowest BCUT2D eigenvalue weighted by Gasteiger charge is -2.39. The van der Waals surface area contributed by atoms with Crippen molar-refractivity contribution >= 4 is 45.0 Å². The van der Waals surface area contributed by atoms with Gasteiger partial charge >= 0.3 is 0 Å². The Morgan fingerprint density at radius 1 is 1.24 bits per heavy atom. The van der Waals surface area contributed by atoms with Crippen LogP contribution < -0.4 is 0 Å². The van der Waals surface area contributed by atoms with E-state index in [1.165, 1.54) is 17.4 Å². The Balaban J connectivity index is 1.62. The van der Waals surface area contributed by atoms with Gasteiger partial charge in [0.1, 0.15) is 22.2 Å². The molecule has 29 heavy (non-hydrogen) atoms. The Morgan fingerprint density at radius 2 is 2.03 bits per heavy atom. The summed E-state index contributed by atoms with van der Waals surface area (Å²) < 4.78 is 16.1. The molecule has 8 heteroatoms. The van der Waals surface area contributed by atoms with E-state index in [2.05, 4.69) is 0 Å². The molecule has 0 aliphatic carbocycles. The smallest absolute Gasteiger partial charge is 0.270 e. The molecule has 0 bridgehead atoms. The third kappa shape index (κ3) is 3.76. The highest BCUT2D eigenvalue weighted by molar-refractivity contribution is 7.16. The maximum atomic E-state index is 14.2. The van der Waals surface area contributed by atoms with E-state index in [0.29, 0.717) is 30.9 Å². The number of carbonyl (C=O) groups excluding carboxylic acids is 2. The lowest BCUT2D eigenvalue weighted by atomic mass is 10.1. The average molecular weight is 434 g/mol. The largest absolute Gasteiger partial charge is 0.335 e. The Morgan fingerprint density at radius 3 is 2.76 bits per heavy atom. The molecule has 1 aliphatic heterocycles. The van der Waals surface area contributed by atoms with Gasteiger partial charge in [-0.25, -0.2) is 4.39 Å². The number of benzene rings is 1. The van der Waals surface area contributed by atoms with Crippen LogP contribution >= 0.6 is 22.9 Å². The van der Waals surface area contributed by atoms with Gasteiger partial charge in [0.25, 0.3) is 5.91 Å². The summed E-state index contributed by atoms with van der Waals surface area (Å²) in [6, 6.07) is 10.4. The fraction of sp³-hybridized carbons (Fsp3) is 0.333. The van der Waals surface area contributed by atoms with Gasteiger partial charge in [0.2, 0.25) is 5.91 Å². The van der Waals surface area contributed by atoms with Crippen LogP contribution in [0.5, 0.6) is 0 Å². The number of halogens is 2. The first-order valence-electron chi connectivity index (χ1n) is 9.44. The summed E-state index contributed by atoms with van der Waals surface area (Å²) in [4.78, 5) is 29.7. The first-order valence-corrected chi connectivity index (χ1v) is 10.9. The van der Waals surface area contributed by atoms with Gasteiger partial charge in [-0.2, -0.15) is 0 Å². The molecule has 2 amide bonds. The number of hydrogen-bond donors (Lipinski definition) is 0. The summed E-state index contributed by atoms with van der Waals surface area (Å²) >= 11 is 7.22. The summed E-state index contributed by atoms with van der Waals surface area (Å²) in [6.45, 7) is 3.56. The Kier molecular flexibility index (Phi) is 5.61. The molecule has 0 radical (unpaired) electrons. The predicted octanol–water partition coefficient (Wildman–Crippen LogP) is 3.80. The van der Waals surface area contributed by atoms with Gasteiger partial charge in [0, 0.05) is 36.6 Å². The van der Waals surface area contributed by atoms with Gasteiger partial charge in [-0.05, 0) is 30.5 Å². The Hall–Kier alpha value is -2.38. The highest BCUT2D eigenvalue weighted by Crippen LogP contribution is 2.28. The zero-order valence-electron chi connectivity index (χ0n) is 16.0. The summed E-state index contributed by atoms with van der Waals surface area (Å²) in [6.07, 6.45) is 0. The van der Waals surface area contributed by atoms with Crippen LogP contribution in [-0.4, -0.2) is 57.7 Å². The van der Waals surface area contributed by atoms with Gasteiger partial charge in [-0.1, -0.05) is 18.2 Å². The molecule has 4 rings (SSSR count). The van der Waals surface area contributed by atoms with Crippen LogP contribution in [0.25, 0.3) is 10.2 Å². The monoisotopic (exact) mass is 433 g/mol. The third-order valence-corrected chi connectivity index (χ3v) is 6.54. The van der Waals surface area contributed by atoms with Crippen LogP contribution in [0.2, 0.25) is 0 Å². The second-order valence-electron chi connectivity index (χ2n) is 7.21. The standard InChI is InChI=1S/C21H21ClFN3O2S/c1-14-12-24(7-8-25(14)19(27)11-22)20(28)18-10-15-6-9-29-21(15)26(18)13-16-4-2-3-5-17(16)23/h2-6,9-10,14H,7-8,11-13H2,1H3. The minimum absolute atomic E-state index is 0.0555. The topological polar surface area (TPSA) is 45.6 Å². The van der Waals surface area contributed by atoms with E-state index < -0.39 is 0 Å². The van der Waals surface area contributed by atoms with Gasteiger partial charge in [-0.3, -0.25) is 9.59 Å². The summed E-state index contributed by atoms with van der Waals surface area (Å²) in [7, 11) is 0. The van der Waals surface area contributed by atoms with Crippen LogP contribution in [0, 0.1) is 5.82 Å². The van der Waals surface area contributed by atoms with Crippen molar-refractivity contribution in [3.05, 3.63) is 58.9 Å².